The predicted octanol–water partition coefficient (Wildman–Crippen LogP) is 5.17. The first kappa shape index (κ1) is 24.1. The third kappa shape index (κ3) is 9.69. The van der Waals surface area contributed by atoms with Gasteiger partial charge in [0.25, 0.3) is 0 Å². The van der Waals surface area contributed by atoms with E-state index in [-0.39, 0.29) is 6.42 Å². The standard InChI is InChI=1S/C20H32O5P2/c1-16(2)6-4-7-17(3)14-19-12-10-18(11-13-19)8-5-9-20(26(22)15-21)27(23,24)25/h6,10-14,20-21,26H,4-5,7-9,15H2,1-3H3,(H2,23,24,25)/b17-14+. The van der Waals surface area contributed by atoms with Gasteiger partial charge in [0, 0.05) is 0 Å². The van der Waals surface area contributed by atoms with Crippen molar-refractivity contribution in [1.29, 1.82) is 0 Å². The molecule has 7 heteroatoms. The van der Waals surface area contributed by atoms with Crippen molar-refractivity contribution in [2.24, 2.45) is 0 Å². The quantitative estimate of drug-likeness (QED) is 0.343. The SMILES string of the molecule is CC(C)=CCC/C(C)=C/c1ccc(CCCC([PH](=O)CO)P(=O)(O)O)cc1. The van der Waals surface area contributed by atoms with E-state index in [0.717, 1.165) is 24.0 Å². The summed E-state index contributed by atoms with van der Waals surface area (Å²) < 4.78 is 23.1. The largest absolute Gasteiger partial charge is 0.389 e. The first-order chi connectivity index (χ1) is 12.6. The van der Waals surface area contributed by atoms with Gasteiger partial charge in [0.15, 0.2) is 0 Å². The Kier molecular flexibility index (Phi) is 10.5. The number of aryl methyl sites for hydroxylation is 1. The molecule has 0 fully saturated rings. The summed E-state index contributed by atoms with van der Waals surface area (Å²) in [5, 5.41) is 7.73. The molecule has 2 atom stereocenters. The van der Waals surface area contributed by atoms with E-state index in [4.69, 9.17) is 5.11 Å². The number of rotatable bonds is 11. The summed E-state index contributed by atoms with van der Waals surface area (Å²) in [5.74, 6) is 0. The van der Waals surface area contributed by atoms with E-state index < -0.39 is 27.1 Å². The van der Waals surface area contributed by atoms with Crippen molar-refractivity contribution in [3.8, 4) is 0 Å². The van der Waals surface area contributed by atoms with E-state index in [2.05, 4.69) is 32.9 Å². The van der Waals surface area contributed by atoms with Crippen LogP contribution in [-0.4, -0.2) is 26.6 Å². The number of aliphatic hydroxyl groups excluding tert-OH is 1. The molecule has 5 nitrogen and oxygen atoms in total. The van der Waals surface area contributed by atoms with Gasteiger partial charge in [-0.3, -0.25) is 4.57 Å². The van der Waals surface area contributed by atoms with Gasteiger partial charge in [-0.05, 0) is 64.0 Å². The number of hydrogen-bond donors (Lipinski definition) is 3. The van der Waals surface area contributed by atoms with Crippen molar-refractivity contribution in [2.75, 3.05) is 6.35 Å². The minimum Gasteiger partial charge on any atom is -0.389 e. The van der Waals surface area contributed by atoms with Crippen molar-refractivity contribution in [1.82, 2.24) is 0 Å². The molecule has 0 bridgehead atoms. The molecule has 0 saturated carbocycles. The van der Waals surface area contributed by atoms with E-state index >= 15 is 0 Å². The fraction of sp³-hybridized carbons (Fsp3) is 0.500. The zero-order chi connectivity index (χ0) is 20.4. The molecular weight excluding hydrogens is 382 g/mol. The Morgan fingerprint density at radius 2 is 1.81 bits per heavy atom. The molecule has 0 aliphatic carbocycles. The lowest BCUT2D eigenvalue weighted by molar-refractivity contribution is 0.350. The average Bonchev–Trinajstić information content (AvgIpc) is 2.58. The molecule has 0 aromatic heterocycles. The van der Waals surface area contributed by atoms with Crippen LogP contribution in [0.15, 0.2) is 41.5 Å². The van der Waals surface area contributed by atoms with E-state index in [0.29, 0.717) is 12.8 Å². The molecule has 2 unspecified atom stereocenters. The number of aliphatic hydroxyl groups is 1. The first-order valence-electron chi connectivity index (χ1n) is 9.21. The molecule has 1 aromatic carbocycles. The molecule has 0 heterocycles. The Morgan fingerprint density at radius 3 is 2.33 bits per heavy atom. The van der Waals surface area contributed by atoms with Crippen LogP contribution in [0.2, 0.25) is 0 Å². The lowest BCUT2D eigenvalue weighted by Gasteiger charge is -2.17. The topological polar surface area (TPSA) is 94.8 Å². The molecule has 0 aliphatic rings. The van der Waals surface area contributed by atoms with Crippen LogP contribution in [0, 0.1) is 0 Å². The van der Waals surface area contributed by atoms with Crippen LogP contribution >= 0.6 is 15.4 Å². The van der Waals surface area contributed by atoms with Gasteiger partial charge in [-0.2, -0.15) is 0 Å². The average molecular weight is 414 g/mol. The monoisotopic (exact) mass is 414 g/mol. The van der Waals surface area contributed by atoms with Gasteiger partial charge in [-0.15, -0.1) is 0 Å². The van der Waals surface area contributed by atoms with Crippen LogP contribution in [0.5, 0.6) is 0 Å². The zero-order valence-electron chi connectivity index (χ0n) is 16.4. The van der Waals surface area contributed by atoms with E-state index in [9.17, 15) is 18.9 Å². The zero-order valence-corrected chi connectivity index (χ0v) is 18.3. The van der Waals surface area contributed by atoms with Gasteiger partial charge in [0.2, 0.25) is 0 Å². The highest BCUT2D eigenvalue weighted by Gasteiger charge is 2.32. The van der Waals surface area contributed by atoms with Crippen molar-refractivity contribution in [3.05, 3.63) is 52.6 Å². The van der Waals surface area contributed by atoms with Crippen LogP contribution in [0.1, 0.15) is 57.6 Å². The van der Waals surface area contributed by atoms with Crippen molar-refractivity contribution in [2.45, 2.75) is 58.3 Å². The lowest BCUT2D eigenvalue weighted by atomic mass is 10.0. The van der Waals surface area contributed by atoms with E-state index in [1.807, 2.05) is 24.3 Å². The third-order valence-corrected chi connectivity index (χ3v) is 8.65. The highest BCUT2D eigenvalue weighted by Crippen LogP contribution is 2.55. The maximum atomic E-state index is 11.7. The van der Waals surface area contributed by atoms with Crippen LogP contribution < -0.4 is 0 Å². The van der Waals surface area contributed by atoms with Crippen LogP contribution in [0.3, 0.4) is 0 Å². The molecule has 0 saturated heterocycles. The lowest BCUT2D eigenvalue weighted by Crippen LogP contribution is -2.05. The fourth-order valence-electron chi connectivity index (χ4n) is 2.85. The number of hydrogen-bond acceptors (Lipinski definition) is 3. The molecule has 152 valence electrons. The van der Waals surface area contributed by atoms with Crippen molar-refractivity contribution < 1.29 is 24.0 Å². The van der Waals surface area contributed by atoms with Gasteiger partial charge < -0.3 is 19.5 Å². The molecule has 1 aromatic rings. The second-order valence-electron chi connectivity index (χ2n) is 7.17. The second kappa shape index (κ2) is 11.8. The molecule has 1 rings (SSSR count). The highest BCUT2D eigenvalue weighted by molar-refractivity contribution is 7.67. The van der Waals surface area contributed by atoms with Crippen molar-refractivity contribution in [3.63, 3.8) is 0 Å². The normalized spacial score (nSPS) is 14.7. The van der Waals surface area contributed by atoms with Gasteiger partial charge in [0.1, 0.15) is 13.2 Å². The summed E-state index contributed by atoms with van der Waals surface area (Å²) in [4.78, 5) is 18.6. The Hall–Kier alpha value is -0.960. The van der Waals surface area contributed by atoms with Crippen LogP contribution in [0.4, 0.5) is 0 Å². The molecule has 0 spiro atoms. The Morgan fingerprint density at radius 1 is 1.19 bits per heavy atom. The molecule has 3 N–H and O–H groups in total. The molecule has 27 heavy (non-hydrogen) atoms. The van der Waals surface area contributed by atoms with Gasteiger partial charge in [0.05, 0.1) is 6.35 Å². The summed E-state index contributed by atoms with van der Waals surface area (Å²) in [5.41, 5.74) is 4.85. The number of allylic oxidation sites excluding steroid dienone is 3. The molecular formula is C20H32O5P2. The van der Waals surface area contributed by atoms with E-state index in [1.165, 1.54) is 11.1 Å². The second-order valence-corrected chi connectivity index (χ2v) is 11.4. The van der Waals surface area contributed by atoms with Gasteiger partial charge in [-0.25, -0.2) is 0 Å². The van der Waals surface area contributed by atoms with E-state index in [1.54, 1.807) is 0 Å². The number of benzene rings is 1. The smallest absolute Gasteiger partial charge is 0.335 e. The summed E-state index contributed by atoms with van der Waals surface area (Å²) in [6, 6.07) is 8.10. The molecule has 0 amide bonds. The predicted molar refractivity (Wildman–Crippen MR) is 114 cm³/mol. The maximum absolute atomic E-state index is 11.7. The van der Waals surface area contributed by atoms with Crippen LogP contribution in [-0.2, 0) is 15.6 Å². The van der Waals surface area contributed by atoms with Gasteiger partial charge >= 0.3 is 7.60 Å². The Bertz CT molecular complexity index is 712. The summed E-state index contributed by atoms with van der Waals surface area (Å²) in [7, 11) is -7.13. The van der Waals surface area contributed by atoms with Crippen molar-refractivity contribution >= 4 is 21.5 Å². The summed E-state index contributed by atoms with van der Waals surface area (Å²) >= 11 is 0. The Labute approximate surface area is 163 Å². The summed E-state index contributed by atoms with van der Waals surface area (Å²) in [6.45, 7) is 6.32. The third-order valence-electron chi connectivity index (χ3n) is 4.36. The van der Waals surface area contributed by atoms with Gasteiger partial charge in [-0.1, -0.05) is 47.6 Å². The molecule has 0 radical (unpaired) electrons. The molecule has 0 aliphatic heterocycles. The first-order valence-corrected chi connectivity index (χ1v) is 12.6. The minimum atomic E-state index is -4.45. The fourth-order valence-corrected chi connectivity index (χ4v) is 5.85. The highest BCUT2D eigenvalue weighted by atomic mass is 31.2. The Balaban J connectivity index is 2.58. The minimum absolute atomic E-state index is 0.147. The maximum Gasteiger partial charge on any atom is 0.335 e. The summed E-state index contributed by atoms with van der Waals surface area (Å²) in [6.07, 6.45) is 7.13. The van der Waals surface area contributed by atoms with Crippen LogP contribution in [0.25, 0.3) is 6.08 Å².